The maximum atomic E-state index is 2.35. The summed E-state index contributed by atoms with van der Waals surface area (Å²) in [6.07, 6.45) is 0. The van der Waals surface area contributed by atoms with Gasteiger partial charge in [0.1, 0.15) is 0 Å². The Balaban J connectivity index is -0.00000000500. The molecule has 0 aliphatic rings. The Morgan fingerprint density at radius 3 is 1.25 bits per heavy atom. The van der Waals surface area contributed by atoms with Crippen LogP contribution in [-0.4, -0.2) is 45.6 Å². The number of hydrogen-bond donors (Lipinski definition) is 0. The zero-order valence-electron chi connectivity index (χ0n) is 1.35. The Morgan fingerprint density at radius 2 is 1.25 bits per heavy atom. The van der Waals surface area contributed by atoms with E-state index in [1.54, 1.807) is 0 Å². The quantitative estimate of drug-likeness (QED) is 0.464. The van der Waals surface area contributed by atoms with Crippen molar-refractivity contribution in [1.82, 2.24) is 0 Å². The van der Waals surface area contributed by atoms with Crippen LogP contribution in [0.3, 0.4) is 0 Å². The van der Waals surface area contributed by atoms with Crippen LogP contribution in [0.5, 0.6) is 0 Å². The summed E-state index contributed by atoms with van der Waals surface area (Å²) in [6, 6.07) is 0. The van der Waals surface area contributed by atoms with Crippen LogP contribution in [0, 0.1) is 0 Å². The summed E-state index contributed by atoms with van der Waals surface area (Å²) in [5.74, 6) is 0. The summed E-state index contributed by atoms with van der Waals surface area (Å²) in [4.78, 5) is 0. The second-order valence-electron chi connectivity index (χ2n) is 0. The van der Waals surface area contributed by atoms with Crippen molar-refractivity contribution in [3.8, 4) is 0 Å². The van der Waals surface area contributed by atoms with Gasteiger partial charge in [-0.2, -0.15) is 0 Å². The molecule has 0 fully saturated rings. The second-order valence-corrected chi connectivity index (χ2v) is 0. The monoisotopic (exact) mass is 307 g/mol. The van der Waals surface area contributed by atoms with Crippen LogP contribution in [0.25, 0.3) is 0 Å². The summed E-state index contributed by atoms with van der Waals surface area (Å²) in [6.45, 7) is 0. The van der Waals surface area contributed by atoms with Gasteiger partial charge in [-0.15, -0.1) is 0 Å². The maximum absolute atomic E-state index is 2.35. The van der Waals surface area contributed by atoms with Crippen molar-refractivity contribution in [2.75, 3.05) is 0 Å². The van der Waals surface area contributed by atoms with Crippen molar-refractivity contribution >= 4 is 45.6 Å². The van der Waals surface area contributed by atoms with Gasteiger partial charge in [-0.25, -0.2) is 0 Å². The molecular weight excluding hydrogens is 298 g/mol. The molecular formula is CH9GaInRu. The minimum absolute atomic E-state index is 0. The van der Waals surface area contributed by atoms with E-state index in [2.05, 4.69) is 18.3 Å². The van der Waals surface area contributed by atoms with Gasteiger partial charge in [-0.05, 0) is 0 Å². The average molecular weight is 307 g/mol. The third-order valence-electron chi connectivity index (χ3n) is 0. The molecule has 0 amide bonds. The Kier molecular flexibility index (Phi) is 79.4. The average Bonchev–Trinajstić information content (AvgIpc) is 1.00. The van der Waals surface area contributed by atoms with E-state index in [1.807, 2.05) is 5.52 Å². The van der Waals surface area contributed by atoms with Crippen molar-refractivity contribution in [3.05, 3.63) is 0 Å². The van der Waals surface area contributed by atoms with E-state index in [4.69, 9.17) is 0 Å². The fourth-order valence-electron chi connectivity index (χ4n) is 0. The molecule has 0 aromatic rings. The van der Waals surface area contributed by atoms with Gasteiger partial charge in [-0.3, -0.25) is 0 Å². The Morgan fingerprint density at radius 1 is 1.25 bits per heavy atom. The van der Waals surface area contributed by atoms with E-state index in [-0.39, 0.29) is 45.6 Å². The minimum atomic E-state index is 0. The van der Waals surface area contributed by atoms with Crippen molar-refractivity contribution in [1.29, 1.82) is 0 Å². The first-order valence-corrected chi connectivity index (χ1v) is 2.09. The molecule has 0 radical (unpaired) electrons. The van der Waals surface area contributed by atoms with Gasteiger partial charge in [0.25, 0.3) is 0 Å². The summed E-state index contributed by atoms with van der Waals surface area (Å²) in [5.41, 5.74) is 1.93. The summed E-state index contributed by atoms with van der Waals surface area (Å²) < 4.78 is 0. The third kappa shape index (κ3) is 8.92. The Bertz CT molecular complexity index is 8.00. The van der Waals surface area contributed by atoms with Gasteiger partial charge in [0.05, 0.1) is 0 Å². The molecule has 0 spiro atoms. The number of rotatable bonds is 0. The van der Waals surface area contributed by atoms with Gasteiger partial charge in [-0.1, -0.05) is 0 Å². The van der Waals surface area contributed by atoms with Crippen LogP contribution >= 0.6 is 0 Å². The van der Waals surface area contributed by atoms with Gasteiger partial charge in [0, 0.05) is 0 Å². The molecule has 0 bridgehead atoms. The molecule has 0 unspecified atom stereocenters. The molecule has 0 aromatic carbocycles. The van der Waals surface area contributed by atoms with Crippen molar-refractivity contribution in [2.24, 2.45) is 0 Å². The van der Waals surface area contributed by atoms with E-state index in [1.165, 1.54) is 0 Å². The molecule has 0 rings (SSSR count). The molecule has 0 N–H and O–H groups in total. The van der Waals surface area contributed by atoms with Gasteiger partial charge in [0.2, 0.25) is 0 Å². The van der Waals surface area contributed by atoms with Crippen LogP contribution in [0.15, 0.2) is 0 Å². The Hall–Kier alpha value is 2.13. The topological polar surface area (TPSA) is 0 Å². The normalized spacial score (nSPS) is 1.50. The van der Waals surface area contributed by atoms with Crippen molar-refractivity contribution in [3.63, 3.8) is 0 Å². The number of hydrogen-bond acceptors (Lipinski definition) is 0. The van der Waals surface area contributed by atoms with E-state index >= 15 is 0 Å². The fraction of sp³-hybridized carbons (Fsp3) is 1.00. The predicted octanol–water partition coefficient (Wildman–Crippen LogP) is -1.79. The fourth-order valence-corrected chi connectivity index (χ4v) is 0. The summed E-state index contributed by atoms with van der Waals surface area (Å²) in [7, 11) is 0. The van der Waals surface area contributed by atoms with Crippen LogP contribution in [0.2, 0.25) is 5.52 Å². The molecule has 0 heterocycles. The van der Waals surface area contributed by atoms with Crippen molar-refractivity contribution < 1.29 is 18.3 Å². The molecule has 3 heteroatoms. The second kappa shape index (κ2) is 19.3. The molecule has 0 atom stereocenters. The molecule has 0 saturated carbocycles. The van der Waals surface area contributed by atoms with Crippen LogP contribution in [0.1, 0.15) is 0 Å². The molecule has 27 valence electrons. The SMILES string of the molecule is [CH3][Ru].[GaH3].[InH3]. The molecule has 0 nitrogen and oxygen atoms in total. The first-order chi connectivity index (χ1) is 1.00. The molecule has 4 heavy (non-hydrogen) atoms. The summed E-state index contributed by atoms with van der Waals surface area (Å²) >= 11 is 2.35. The van der Waals surface area contributed by atoms with E-state index in [0.29, 0.717) is 0 Å². The third-order valence-corrected chi connectivity index (χ3v) is 0. The van der Waals surface area contributed by atoms with E-state index in [0.717, 1.165) is 0 Å². The van der Waals surface area contributed by atoms with E-state index < -0.39 is 0 Å². The molecule has 0 aliphatic carbocycles. The molecule has 0 aromatic heterocycles. The summed E-state index contributed by atoms with van der Waals surface area (Å²) in [5, 5.41) is 0. The van der Waals surface area contributed by atoms with Crippen molar-refractivity contribution in [2.45, 2.75) is 5.52 Å². The molecule has 0 aliphatic heterocycles. The van der Waals surface area contributed by atoms with Crippen LogP contribution < -0.4 is 0 Å². The zero-order valence-corrected chi connectivity index (χ0v) is 3.09. The standard InChI is InChI=1S/CH3.Ga.In.Ru.6H/h1H3;;;;;;;;;. The first-order valence-electron chi connectivity index (χ1n) is 0.354. The van der Waals surface area contributed by atoms with Crippen LogP contribution in [0.4, 0.5) is 0 Å². The van der Waals surface area contributed by atoms with Gasteiger partial charge in [0.15, 0.2) is 0 Å². The zero-order chi connectivity index (χ0) is 2.00. The Labute approximate surface area is 68.6 Å². The molecule has 0 saturated heterocycles. The predicted molar refractivity (Wildman–Crippen MR) is 25.7 cm³/mol. The van der Waals surface area contributed by atoms with Crippen LogP contribution in [-0.2, 0) is 18.3 Å². The van der Waals surface area contributed by atoms with E-state index in [9.17, 15) is 0 Å². The first kappa shape index (κ1) is 16.5. The van der Waals surface area contributed by atoms with Gasteiger partial charge >= 0.3 is 69.5 Å². The van der Waals surface area contributed by atoms with Gasteiger partial charge < -0.3 is 0 Å².